The molecule has 5 heteroatoms. The van der Waals surface area contributed by atoms with Crippen molar-refractivity contribution in [1.29, 1.82) is 0 Å². The van der Waals surface area contributed by atoms with Crippen LogP contribution in [0.5, 0.6) is 5.75 Å². The predicted molar refractivity (Wildman–Crippen MR) is 78.5 cm³/mol. The fourth-order valence-electron chi connectivity index (χ4n) is 1.86. The van der Waals surface area contributed by atoms with Gasteiger partial charge < -0.3 is 10.4 Å². The molecule has 0 saturated carbocycles. The molecule has 0 saturated heterocycles. The van der Waals surface area contributed by atoms with Crippen LogP contribution in [0, 0.1) is 6.92 Å². The van der Waals surface area contributed by atoms with Crippen molar-refractivity contribution < 1.29 is 13.9 Å². The SMILES string of the molecule is Cc1ccc(O)c(CNc2ccccc2SC(F)F)c1. The molecule has 0 amide bonds. The maximum Gasteiger partial charge on any atom is 0.288 e. The van der Waals surface area contributed by atoms with E-state index < -0.39 is 5.76 Å². The molecular weight excluding hydrogens is 280 g/mol. The Morgan fingerprint density at radius 2 is 1.95 bits per heavy atom. The van der Waals surface area contributed by atoms with E-state index in [2.05, 4.69) is 5.32 Å². The van der Waals surface area contributed by atoms with Crippen molar-refractivity contribution in [3.8, 4) is 5.75 Å². The van der Waals surface area contributed by atoms with Crippen LogP contribution >= 0.6 is 11.8 Å². The summed E-state index contributed by atoms with van der Waals surface area (Å²) in [7, 11) is 0. The van der Waals surface area contributed by atoms with E-state index in [1.807, 2.05) is 19.1 Å². The molecule has 106 valence electrons. The summed E-state index contributed by atoms with van der Waals surface area (Å²) in [6.07, 6.45) is 0. The second kappa shape index (κ2) is 6.61. The molecule has 0 aliphatic rings. The number of rotatable bonds is 5. The molecular formula is C15H15F2NOS. The smallest absolute Gasteiger partial charge is 0.288 e. The zero-order valence-corrected chi connectivity index (χ0v) is 11.8. The zero-order valence-electron chi connectivity index (χ0n) is 10.9. The van der Waals surface area contributed by atoms with Gasteiger partial charge in [-0.3, -0.25) is 0 Å². The van der Waals surface area contributed by atoms with Crippen molar-refractivity contribution in [2.24, 2.45) is 0 Å². The topological polar surface area (TPSA) is 32.3 Å². The van der Waals surface area contributed by atoms with Crippen molar-refractivity contribution in [3.63, 3.8) is 0 Å². The first-order valence-electron chi connectivity index (χ1n) is 6.12. The molecule has 0 radical (unpaired) electrons. The van der Waals surface area contributed by atoms with Gasteiger partial charge in [-0.1, -0.05) is 41.6 Å². The van der Waals surface area contributed by atoms with Gasteiger partial charge in [0.15, 0.2) is 0 Å². The second-order valence-corrected chi connectivity index (χ2v) is 5.39. The van der Waals surface area contributed by atoms with Gasteiger partial charge in [-0.2, -0.15) is 8.78 Å². The van der Waals surface area contributed by atoms with Crippen LogP contribution in [0.1, 0.15) is 11.1 Å². The maximum absolute atomic E-state index is 12.5. The van der Waals surface area contributed by atoms with Crippen LogP contribution in [0.2, 0.25) is 0 Å². The number of hydrogen-bond acceptors (Lipinski definition) is 3. The lowest BCUT2D eigenvalue weighted by Gasteiger charge is -2.12. The van der Waals surface area contributed by atoms with Crippen LogP contribution in [-0.4, -0.2) is 10.9 Å². The molecule has 20 heavy (non-hydrogen) atoms. The van der Waals surface area contributed by atoms with Crippen LogP contribution in [0.15, 0.2) is 47.4 Å². The number of anilines is 1. The third kappa shape index (κ3) is 3.87. The molecule has 0 atom stereocenters. The molecule has 2 aromatic rings. The number of aromatic hydroxyl groups is 1. The molecule has 2 N–H and O–H groups in total. The van der Waals surface area contributed by atoms with E-state index in [-0.39, 0.29) is 5.75 Å². The van der Waals surface area contributed by atoms with Gasteiger partial charge in [-0.05, 0) is 25.1 Å². The van der Waals surface area contributed by atoms with Gasteiger partial charge in [-0.25, -0.2) is 0 Å². The molecule has 0 unspecified atom stereocenters. The highest BCUT2D eigenvalue weighted by Crippen LogP contribution is 2.32. The lowest BCUT2D eigenvalue weighted by molar-refractivity contribution is 0.252. The Morgan fingerprint density at radius 1 is 1.20 bits per heavy atom. The lowest BCUT2D eigenvalue weighted by atomic mass is 10.1. The van der Waals surface area contributed by atoms with Gasteiger partial charge in [0.25, 0.3) is 5.76 Å². The van der Waals surface area contributed by atoms with Gasteiger partial charge in [0, 0.05) is 22.7 Å². The van der Waals surface area contributed by atoms with Crippen molar-refractivity contribution in [1.82, 2.24) is 0 Å². The lowest BCUT2D eigenvalue weighted by Crippen LogP contribution is -2.01. The normalized spacial score (nSPS) is 10.8. The Balaban J connectivity index is 2.12. The molecule has 0 aliphatic carbocycles. The summed E-state index contributed by atoms with van der Waals surface area (Å²) in [4.78, 5) is 0.495. The molecule has 0 bridgehead atoms. The van der Waals surface area contributed by atoms with Crippen molar-refractivity contribution >= 4 is 17.4 Å². The van der Waals surface area contributed by atoms with Gasteiger partial charge in [0.05, 0.1) is 0 Å². The first-order chi connectivity index (χ1) is 9.56. The Bertz CT molecular complexity index is 590. The number of alkyl halides is 2. The van der Waals surface area contributed by atoms with Crippen molar-refractivity contribution in [2.75, 3.05) is 5.32 Å². The minimum atomic E-state index is -2.45. The molecule has 0 fully saturated rings. The van der Waals surface area contributed by atoms with Crippen molar-refractivity contribution in [2.45, 2.75) is 24.1 Å². The van der Waals surface area contributed by atoms with E-state index in [0.717, 1.165) is 11.1 Å². The number of nitrogens with one attached hydrogen (secondary N) is 1. The molecule has 2 rings (SSSR count). The summed E-state index contributed by atoms with van der Waals surface area (Å²) in [5.41, 5.74) is 2.41. The van der Waals surface area contributed by atoms with E-state index in [0.29, 0.717) is 28.9 Å². The summed E-state index contributed by atoms with van der Waals surface area (Å²) in [5.74, 6) is -2.26. The minimum absolute atomic E-state index is 0.196. The molecule has 0 heterocycles. The molecule has 0 aliphatic heterocycles. The third-order valence-corrected chi connectivity index (χ3v) is 3.60. The highest BCUT2D eigenvalue weighted by atomic mass is 32.2. The van der Waals surface area contributed by atoms with Crippen LogP contribution < -0.4 is 5.32 Å². The van der Waals surface area contributed by atoms with Crippen LogP contribution in [0.25, 0.3) is 0 Å². The van der Waals surface area contributed by atoms with Gasteiger partial charge in [-0.15, -0.1) is 0 Å². The summed E-state index contributed by atoms with van der Waals surface area (Å²) in [6, 6.07) is 12.2. The fourth-order valence-corrected chi connectivity index (χ4v) is 2.47. The first-order valence-corrected chi connectivity index (χ1v) is 7.00. The van der Waals surface area contributed by atoms with E-state index in [4.69, 9.17) is 0 Å². The highest BCUT2D eigenvalue weighted by molar-refractivity contribution is 7.99. The second-order valence-electron chi connectivity index (χ2n) is 4.36. The zero-order chi connectivity index (χ0) is 14.5. The monoisotopic (exact) mass is 295 g/mol. The number of phenolic OH excluding ortho intramolecular Hbond substituents is 1. The van der Waals surface area contributed by atoms with Crippen molar-refractivity contribution in [3.05, 3.63) is 53.6 Å². The minimum Gasteiger partial charge on any atom is -0.508 e. The number of aryl methyl sites for hydroxylation is 1. The van der Waals surface area contributed by atoms with Crippen LogP contribution in [0.3, 0.4) is 0 Å². The average molecular weight is 295 g/mol. The van der Waals surface area contributed by atoms with E-state index >= 15 is 0 Å². The number of phenols is 1. The maximum atomic E-state index is 12.5. The Labute approximate surface area is 120 Å². The van der Waals surface area contributed by atoms with Gasteiger partial charge in [0.2, 0.25) is 0 Å². The summed E-state index contributed by atoms with van der Waals surface area (Å²) >= 11 is 0.509. The summed E-state index contributed by atoms with van der Waals surface area (Å²) in [6.45, 7) is 2.32. The fraction of sp³-hybridized carbons (Fsp3) is 0.200. The molecule has 0 spiro atoms. The van der Waals surface area contributed by atoms with Gasteiger partial charge >= 0.3 is 0 Å². The van der Waals surface area contributed by atoms with E-state index in [9.17, 15) is 13.9 Å². The number of thioether (sulfide) groups is 1. The largest absolute Gasteiger partial charge is 0.508 e. The Hall–Kier alpha value is -1.75. The third-order valence-electron chi connectivity index (χ3n) is 2.81. The standard InChI is InChI=1S/C15H15F2NOS/c1-10-6-7-13(19)11(8-10)9-18-12-4-2-3-5-14(12)20-15(16)17/h2-8,15,18-19H,9H2,1H3. The van der Waals surface area contributed by atoms with Crippen LogP contribution in [0.4, 0.5) is 14.5 Å². The Kier molecular flexibility index (Phi) is 4.84. The Morgan fingerprint density at radius 3 is 2.70 bits per heavy atom. The average Bonchev–Trinajstić information content (AvgIpc) is 2.41. The first kappa shape index (κ1) is 14.7. The molecule has 2 nitrogen and oxygen atoms in total. The quantitative estimate of drug-likeness (QED) is 0.789. The number of benzene rings is 2. The highest BCUT2D eigenvalue weighted by Gasteiger charge is 2.10. The van der Waals surface area contributed by atoms with E-state index in [1.54, 1.807) is 30.3 Å². The number of hydrogen-bond donors (Lipinski definition) is 2. The van der Waals surface area contributed by atoms with Crippen LogP contribution in [-0.2, 0) is 6.54 Å². The number of para-hydroxylation sites is 1. The summed E-state index contributed by atoms with van der Waals surface area (Å²) in [5, 5.41) is 12.9. The summed E-state index contributed by atoms with van der Waals surface area (Å²) < 4.78 is 25.0. The number of halogens is 2. The molecule has 0 aromatic heterocycles. The van der Waals surface area contributed by atoms with E-state index in [1.165, 1.54) is 0 Å². The predicted octanol–water partition coefficient (Wildman–Crippen LogP) is 4.63. The van der Waals surface area contributed by atoms with Gasteiger partial charge in [0.1, 0.15) is 5.75 Å². The molecule has 2 aromatic carbocycles.